The fraction of sp³-hybridized carbons (Fsp3) is 0.500. The number of aromatic nitrogens is 2. The molecule has 1 aromatic rings. The van der Waals surface area contributed by atoms with E-state index in [1.807, 2.05) is 0 Å². The third-order valence-corrected chi connectivity index (χ3v) is 2.01. The van der Waals surface area contributed by atoms with Gasteiger partial charge in [-0.1, -0.05) is 0 Å². The molecule has 0 amide bonds. The van der Waals surface area contributed by atoms with Crippen LogP contribution in [0.1, 0.15) is 12.1 Å². The first kappa shape index (κ1) is 15.2. The molecule has 0 aliphatic heterocycles. The van der Waals surface area contributed by atoms with Crippen molar-refractivity contribution in [2.75, 3.05) is 18.4 Å². The van der Waals surface area contributed by atoms with Gasteiger partial charge in [-0.3, -0.25) is 4.98 Å². The minimum Gasteiger partial charge on any atom is -0.370 e. The number of guanidine groups is 1. The Morgan fingerprint density at radius 1 is 1.37 bits per heavy atom. The van der Waals surface area contributed by atoms with E-state index in [1.165, 1.54) is 6.20 Å². The number of nitrogens with zero attached hydrogens (tertiary/aromatic N) is 3. The lowest BCUT2D eigenvalue weighted by Crippen LogP contribution is -2.26. The fourth-order valence-electron chi connectivity index (χ4n) is 1.22. The van der Waals surface area contributed by atoms with Crippen molar-refractivity contribution < 1.29 is 13.2 Å². The maximum Gasteiger partial charge on any atom is 0.408 e. The molecule has 0 fully saturated rings. The molecule has 0 atom stereocenters. The molecule has 0 spiro atoms. The SMILES string of the molecule is NCCCc1cncc(NC(N)=NCC(F)(F)F)n1. The van der Waals surface area contributed by atoms with Crippen LogP contribution in [-0.4, -0.2) is 35.2 Å². The van der Waals surface area contributed by atoms with E-state index in [9.17, 15) is 13.2 Å². The monoisotopic (exact) mass is 276 g/mol. The van der Waals surface area contributed by atoms with Crippen molar-refractivity contribution >= 4 is 11.8 Å². The molecule has 0 saturated carbocycles. The van der Waals surface area contributed by atoms with Crippen LogP contribution < -0.4 is 16.8 Å². The lowest BCUT2D eigenvalue weighted by Gasteiger charge is -2.07. The number of aliphatic imine (C=N–C) groups is 1. The Labute approximate surface area is 108 Å². The van der Waals surface area contributed by atoms with Crippen LogP contribution in [-0.2, 0) is 6.42 Å². The molecule has 1 aromatic heterocycles. The first-order valence-electron chi connectivity index (χ1n) is 5.55. The summed E-state index contributed by atoms with van der Waals surface area (Å²) in [7, 11) is 0. The van der Waals surface area contributed by atoms with Crippen LogP contribution in [0.4, 0.5) is 19.0 Å². The van der Waals surface area contributed by atoms with Gasteiger partial charge in [0.05, 0.1) is 11.9 Å². The van der Waals surface area contributed by atoms with Gasteiger partial charge < -0.3 is 16.8 Å². The molecule has 0 saturated heterocycles. The molecule has 0 bridgehead atoms. The summed E-state index contributed by atoms with van der Waals surface area (Å²) in [6.45, 7) is -0.819. The molecule has 1 rings (SSSR count). The van der Waals surface area contributed by atoms with E-state index in [4.69, 9.17) is 11.5 Å². The highest BCUT2D eigenvalue weighted by molar-refractivity contribution is 5.91. The molecule has 6 nitrogen and oxygen atoms in total. The number of hydrogen-bond acceptors (Lipinski definition) is 4. The Morgan fingerprint density at radius 2 is 2.11 bits per heavy atom. The highest BCUT2D eigenvalue weighted by Crippen LogP contribution is 2.14. The highest BCUT2D eigenvalue weighted by atomic mass is 19.4. The van der Waals surface area contributed by atoms with Crippen molar-refractivity contribution in [3.8, 4) is 0 Å². The summed E-state index contributed by atoms with van der Waals surface area (Å²) in [6.07, 6.45) is -0.0961. The van der Waals surface area contributed by atoms with E-state index < -0.39 is 12.7 Å². The average Bonchev–Trinajstić information content (AvgIpc) is 2.33. The second kappa shape index (κ2) is 6.88. The van der Waals surface area contributed by atoms with E-state index in [-0.39, 0.29) is 11.8 Å². The number of alkyl halides is 3. The number of nitrogens with one attached hydrogen (secondary N) is 1. The van der Waals surface area contributed by atoms with Crippen molar-refractivity contribution in [2.45, 2.75) is 19.0 Å². The Kier molecular flexibility index (Phi) is 5.49. The Bertz CT molecular complexity index is 432. The molecule has 0 aliphatic rings. The molecule has 0 radical (unpaired) electrons. The second-order valence-electron chi connectivity index (χ2n) is 3.73. The Hall–Kier alpha value is -1.90. The van der Waals surface area contributed by atoms with E-state index in [0.717, 1.165) is 6.42 Å². The molecule has 9 heteroatoms. The van der Waals surface area contributed by atoms with Gasteiger partial charge >= 0.3 is 6.18 Å². The summed E-state index contributed by atoms with van der Waals surface area (Å²) in [5.41, 5.74) is 11.4. The summed E-state index contributed by atoms with van der Waals surface area (Å²) in [5, 5.41) is 2.45. The van der Waals surface area contributed by atoms with Crippen LogP contribution in [0.5, 0.6) is 0 Å². The van der Waals surface area contributed by atoms with Gasteiger partial charge in [-0.25, -0.2) is 9.98 Å². The molecule has 5 N–H and O–H groups in total. The molecule has 1 heterocycles. The summed E-state index contributed by atoms with van der Waals surface area (Å²) in [5.74, 6) is -0.111. The van der Waals surface area contributed by atoms with Gasteiger partial charge in [0.15, 0.2) is 11.8 Å². The molecule has 0 unspecified atom stereocenters. The van der Waals surface area contributed by atoms with Crippen molar-refractivity contribution in [1.82, 2.24) is 9.97 Å². The standard InChI is InChI=1S/C10H15F3N6/c11-10(12,13)6-17-9(15)19-8-5-16-4-7(18-8)2-1-3-14/h4-5H,1-3,6,14H2,(H3,15,17,18,19). The van der Waals surface area contributed by atoms with Gasteiger partial charge in [-0.15, -0.1) is 0 Å². The summed E-state index contributed by atoms with van der Waals surface area (Å²) in [6, 6.07) is 0. The lowest BCUT2D eigenvalue weighted by atomic mass is 10.2. The molecule has 19 heavy (non-hydrogen) atoms. The van der Waals surface area contributed by atoms with Gasteiger partial charge in [0.2, 0.25) is 0 Å². The van der Waals surface area contributed by atoms with Crippen molar-refractivity contribution in [1.29, 1.82) is 0 Å². The van der Waals surface area contributed by atoms with Crippen LogP contribution in [0, 0.1) is 0 Å². The summed E-state index contributed by atoms with van der Waals surface area (Å²) >= 11 is 0. The van der Waals surface area contributed by atoms with Gasteiger partial charge in [0.1, 0.15) is 6.54 Å². The van der Waals surface area contributed by atoms with E-state index in [0.29, 0.717) is 18.7 Å². The van der Waals surface area contributed by atoms with E-state index >= 15 is 0 Å². The first-order valence-corrected chi connectivity index (χ1v) is 5.55. The average molecular weight is 276 g/mol. The van der Waals surface area contributed by atoms with Crippen LogP contribution in [0.15, 0.2) is 17.4 Å². The largest absolute Gasteiger partial charge is 0.408 e. The topological polar surface area (TPSA) is 102 Å². The maximum atomic E-state index is 11.9. The minimum absolute atomic E-state index is 0.248. The predicted molar refractivity (Wildman–Crippen MR) is 65.6 cm³/mol. The summed E-state index contributed by atoms with van der Waals surface area (Å²) in [4.78, 5) is 11.2. The predicted octanol–water partition coefficient (Wildman–Crippen LogP) is 0.657. The Balaban J connectivity index is 2.61. The van der Waals surface area contributed by atoms with Crippen LogP contribution in [0.2, 0.25) is 0 Å². The van der Waals surface area contributed by atoms with Crippen molar-refractivity contribution in [3.05, 3.63) is 18.1 Å². The number of nitrogens with two attached hydrogens (primary N) is 2. The highest BCUT2D eigenvalue weighted by Gasteiger charge is 2.26. The molecular formula is C10H15F3N6. The number of anilines is 1. The van der Waals surface area contributed by atoms with Gasteiger partial charge in [-0.05, 0) is 19.4 Å². The molecule has 106 valence electrons. The third-order valence-electron chi connectivity index (χ3n) is 2.01. The lowest BCUT2D eigenvalue weighted by molar-refractivity contribution is -0.118. The smallest absolute Gasteiger partial charge is 0.370 e. The van der Waals surface area contributed by atoms with Crippen LogP contribution >= 0.6 is 0 Å². The van der Waals surface area contributed by atoms with Crippen molar-refractivity contribution in [2.24, 2.45) is 16.5 Å². The first-order chi connectivity index (χ1) is 8.90. The van der Waals surface area contributed by atoms with Gasteiger partial charge in [-0.2, -0.15) is 13.2 Å². The number of rotatable bonds is 5. The van der Waals surface area contributed by atoms with Gasteiger partial charge in [0.25, 0.3) is 0 Å². The fourth-order valence-corrected chi connectivity index (χ4v) is 1.22. The van der Waals surface area contributed by atoms with Crippen molar-refractivity contribution in [3.63, 3.8) is 0 Å². The molecular weight excluding hydrogens is 261 g/mol. The van der Waals surface area contributed by atoms with Gasteiger partial charge in [0, 0.05) is 6.20 Å². The second-order valence-corrected chi connectivity index (χ2v) is 3.73. The van der Waals surface area contributed by atoms with E-state index in [1.54, 1.807) is 6.20 Å². The number of halogens is 3. The zero-order chi connectivity index (χ0) is 14.3. The Morgan fingerprint density at radius 3 is 2.74 bits per heavy atom. The third kappa shape index (κ3) is 6.55. The summed E-state index contributed by atoms with van der Waals surface area (Å²) < 4.78 is 35.8. The maximum absolute atomic E-state index is 11.9. The molecule has 0 aliphatic carbocycles. The minimum atomic E-state index is -4.39. The molecule has 0 aromatic carbocycles. The number of aryl methyl sites for hydroxylation is 1. The van der Waals surface area contributed by atoms with Crippen LogP contribution in [0.25, 0.3) is 0 Å². The normalized spacial score (nSPS) is 12.5. The van der Waals surface area contributed by atoms with Crippen LogP contribution in [0.3, 0.4) is 0 Å². The van der Waals surface area contributed by atoms with E-state index in [2.05, 4.69) is 20.3 Å². The quantitative estimate of drug-likeness (QED) is 0.541. The number of hydrogen-bond donors (Lipinski definition) is 3. The zero-order valence-electron chi connectivity index (χ0n) is 10.1. The zero-order valence-corrected chi connectivity index (χ0v) is 10.1.